The van der Waals surface area contributed by atoms with Crippen molar-refractivity contribution in [1.29, 1.82) is 0 Å². The van der Waals surface area contributed by atoms with Gasteiger partial charge in [0.2, 0.25) is 0 Å². The fourth-order valence-electron chi connectivity index (χ4n) is 8.12. The van der Waals surface area contributed by atoms with E-state index in [9.17, 15) is 0 Å². The van der Waals surface area contributed by atoms with Crippen molar-refractivity contribution >= 4 is 85.8 Å². The van der Waals surface area contributed by atoms with E-state index in [-0.39, 0.29) is 0 Å². The zero-order chi connectivity index (χ0) is 32.8. The lowest BCUT2D eigenvalue weighted by Gasteiger charge is -2.18. The molecule has 0 saturated heterocycles. The van der Waals surface area contributed by atoms with Crippen molar-refractivity contribution in [3.05, 3.63) is 170 Å². The minimum atomic E-state index is 0.926. The van der Waals surface area contributed by atoms with Gasteiger partial charge in [-0.1, -0.05) is 140 Å². The van der Waals surface area contributed by atoms with E-state index >= 15 is 0 Å². The molecule has 0 radical (unpaired) electrons. The van der Waals surface area contributed by atoms with E-state index < -0.39 is 0 Å². The first-order valence-corrected chi connectivity index (χ1v) is 17.9. The molecule has 50 heavy (non-hydrogen) atoms. The molecule has 0 aliphatic rings. The molecule has 0 spiro atoms. The fourth-order valence-corrected chi connectivity index (χ4v) is 9.31. The Morgan fingerprint density at radius 3 is 1.64 bits per heavy atom. The van der Waals surface area contributed by atoms with Gasteiger partial charge in [-0.15, -0.1) is 11.3 Å². The summed E-state index contributed by atoms with van der Waals surface area (Å²) >= 11 is 1.81. The second-order valence-electron chi connectivity index (χ2n) is 13.2. The topological polar surface area (TPSA) is 13.1 Å². The van der Waals surface area contributed by atoms with Gasteiger partial charge in [0.25, 0.3) is 0 Å². The van der Waals surface area contributed by atoms with E-state index in [1.54, 1.807) is 0 Å². The van der Waals surface area contributed by atoms with Gasteiger partial charge in [-0.05, 0) is 96.0 Å². The maximum Gasteiger partial charge on any atom is 0.153 e. The van der Waals surface area contributed by atoms with Crippen LogP contribution in [0.25, 0.3) is 108 Å². The van der Waals surface area contributed by atoms with Crippen molar-refractivity contribution in [3.8, 4) is 33.4 Å². The molecule has 0 atom stereocenters. The molecule has 1 nitrogen and oxygen atoms in total. The first-order chi connectivity index (χ1) is 24.8. The lowest BCUT2D eigenvalue weighted by molar-refractivity contribution is 0.673. The molecule has 0 bridgehead atoms. The monoisotopic (exact) mass is 652 g/mol. The molecule has 2 aromatic heterocycles. The van der Waals surface area contributed by atoms with Gasteiger partial charge >= 0.3 is 0 Å². The van der Waals surface area contributed by atoms with Gasteiger partial charge in [0.05, 0.1) is 4.70 Å². The first kappa shape index (κ1) is 27.7. The molecule has 0 amide bonds. The number of thiophene rings is 1. The van der Waals surface area contributed by atoms with Crippen LogP contribution in [0.1, 0.15) is 0 Å². The summed E-state index contributed by atoms with van der Waals surface area (Å²) in [5.41, 5.74) is 9.30. The van der Waals surface area contributed by atoms with Gasteiger partial charge in [0.15, 0.2) is 5.58 Å². The average molecular weight is 653 g/mol. The van der Waals surface area contributed by atoms with Crippen LogP contribution >= 0.6 is 11.3 Å². The Hall–Kier alpha value is -6.22. The molecule has 0 fully saturated rings. The molecule has 2 heteroatoms. The Kier molecular flexibility index (Phi) is 5.89. The van der Waals surface area contributed by atoms with Crippen molar-refractivity contribution in [2.24, 2.45) is 0 Å². The quantitative estimate of drug-likeness (QED) is 0.173. The van der Waals surface area contributed by atoms with Crippen LogP contribution in [-0.4, -0.2) is 0 Å². The standard InChI is InChI=1S/C48H28OS/c1-2-10-32-27-34(22-19-29(32)9-1)46-38-14-5-3-12-36(38)45(37-13-4-6-15-39(37)46)31-20-17-30(18-21-31)33-23-26-43-42(28-33)40-24-25-41-35-11-7-8-16-44(35)50-48(41)47(40)49-43/h1-28H. The third kappa shape index (κ3) is 4.06. The molecule has 9 aromatic carbocycles. The van der Waals surface area contributed by atoms with E-state index in [1.165, 1.54) is 91.3 Å². The molecule has 2 heterocycles. The van der Waals surface area contributed by atoms with Gasteiger partial charge in [-0.3, -0.25) is 0 Å². The number of hydrogen-bond acceptors (Lipinski definition) is 2. The Balaban J connectivity index is 1.05. The SMILES string of the molecule is c1ccc2cc(-c3c4ccccc4c(-c4ccc(-c5ccc6oc7c(ccc8c9ccccc9sc87)c6c5)cc4)c4ccccc34)ccc2c1. The second kappa shape index (κ2) is 10.6. The summed E-state index contributed by atoms with van der Waals surface area (Å²) < 4.78 is 9.03. The highest BCUT2D eigenvalue weighted by molar-refractivity contribution is 7.26. The third-order valence-electron chi connectivity index (χ3n) is 10.5. The van der Waals surface area contributed by atoms with Crippen molar-refractivity contribution < 1.29 is 4.42 Å². The van der Waals surface area contributed by atoms with E-state index in [4.69, 9.17) is 4.42 Å². The fraction of sp³-hybridized carbons (Fsp3) is 0. The Bertz CT molecular complexity index is 3080. The van der Waals surface area contributed by atoms with Crippen LogP contribution in [0.5, 0.6) is 0 Å². The lowest BCUT2D eigenvalue weighted by Crippen LogP contribution is -1.91. The largest absolute Gasteiger partial charge is 0.455 e. The zero-order valence-electron chi connectivity index (χ0n) is 27.0. The summed E-state index contributed by atoms with van der Waals surface area (Å²) in [6, 6.07) is 62.1. The molecule has 0 aliphatic heterocycles. The molecule has 0 saturated carbocycles. The smallest absolute Gasteiger partial charge is 0.153 e. The van der Waals surface area contributed by atoms with Gasteiger partial charge in [0, 0.05) is 26.2 Å². The van der Waals surface area contributed by atoms with Crippen molar-refractivity contribution in [3.63, 3.8) is 0 Å². The third-order valence-corrected chi connectivity index (χ3v) is 11.6. The Morgan fingerprint density at radius 2 is 0.900 bits per heavy atom. The highest BCUT2D eigenvalue weighted by Gasteiger charge is 2.18. The maximum atomic E-state index is 6.52. The summed E-state index contributed by atoms with van der Waals surface area (Å²) in [7, 11) is 0. The normalized spacial score (nSPS) is 12.0. The Labute approximate surface area is 292 Å². The number of benzene rings is 9. The van der Waals surface area contributed by atoms with Crippen LogP contribution in [0.3, 0.4) is 0 Å². The van der Waals surface area contributed by atoms with Crippen molar-refractivity contribution in [1.82, 2.24) is 0 Å². The van der Waals surface area contributed by atoms with Crippen LogP contribution in [0, 0.1) is 0 Å². The maximum absolute atomic E-state index is 6.52. The summed E-state index contributed by atoms with van der Waals surface area (Å²) in [6.45, 7) is 0. The average Bonchev–Trinajstić information content (AvgIpc) is 3.75. The van der Waals surface area contributed by atoms with Crippen molar-refractivity contribution in [2.45, 2.75) is 0 Å². The van der Waals surface area contributed by atoms with Crippen LogP contribution < -0.4 is 0 Å². The summed E-state index contributed by atoms with van der Waals surface area (Å²) in [5.74, 6) is 0. The van der Waals surface area contributed by atoms with E-state index in [1.807, 2.05) is 11.3 Å². The van der Waals surface area contributed by atoms with Crippen LogP contribution in [-0.2, 0) is 0 Å². The van der Waals surface area contributed by atoms with Gasteiger partial charge in [-0.25, -0.2) is 0 Å². The van der Waals surface area contributed by atoms with Crippen LogP contribution in [0.2, 0.25) is 0 Å². The molecular formula is C48H28OS. The highest BCUT2D eigenvalue weighted by atomic mass is 32.1. The molecule has 11 aromatic rings. The Morgan fingerprint density at radius 1 is 0.340 bits per heavy atom. The molecule has 0 aliphatic carbocycles. The molecular weight excluding hydrogens is 625 g/mol. The summed E-state index contributed by atoms with van der Waals surface area (Å²) in [6.07, 6.45) is 0. The van der Waals surface area contributed by atoms with E-state index in [0.29, 0.717) is 0 Å². The van der Waals surface area contributed by atoms with Crippen LogP contribution in [0.4, 0.5) is 0 Å². The van der Waals surface area contributed by atoms with Gasteiger partial charge in [0.1, 0.15) is 5.58 Å². The molecule has 232 valence electrons. The van der Waals surface area contributed by atoms with Gasteiger partial charge in [-0.2, -0.15) is 0 Å². The predicted molar refractivity (Wildman–Crippen MR) is 215 cm³/mol. The minimum Gasteiger partial charge on any atom is -0.455 e. The molecule has 0 N–H and O–H groups in total. The van der Waals surface area contributed by atoms with Gasteiger partial charge < -0.3 is 4.42 Å². The summed E-state index contributed by atoms with van der Waals surface area (Å²) in [4.78, 5) is 0. The number of fused-ring (bicyclic) bond motifs is 10. The zero-order valence-corrected chi connectivity index (χ0v) is 27.8. The van der Waals surface area contributed by atoms with E-state index in [2.05, 4.69) is 170 Å². The molecule has 0 unspecified atom stereocenters. The second-order valence-corrected chi connectivity index (χ2v) is 14.3. The highest BCUT2D eigenvalue weighted by Crippen LogP contribution is 2.45. The summed E-state index contributed by atoms with van der Waals surface area (Å²) in [5, 5.41) is 12.5. The predicted octanol–water partition coefficient (Wildman–Crippen LogP) is 14.4. The van der Waals surface area contributed by atoms with Crippen molar-refractivity contribution in [2.75, 3.05) is 0 Å². The van der Waals surface area contributed by atoms with E-state index in [0.717, 1.165) is 16.6 Å². The van der Waals surface area contributed by atoms with Crippen LogP contribution in [0.15, 0.2) is 174 Å². The minimum absolute atomic E-state index is 0.926. The lowest BCUT2D eigenvalue weighted by atomic mass is 9.85. The number of rotatable bonds is 3. The first-order valence-electron chi connectivity index (χ1n) is 17.1. The number of hydrogen-bond donors (Lipinski definition) is 0. The molecule has 11 rings (SSSR count). The number of furan rings is 1.